The van der Waals surface area contributed by atoms with Crippen LogP contribution < -0.4 is 48.7 Å². The normalized spacial score (nSPS) is 31.0. The molecule has 0 radical (unpaired) electrons. The first-order chi connectivity index (χ1) is 45.1. The largest absolute Gasteiger partial charge is 0.508 e. The number of aldehydes is 1. The number of guanidine groups is 2. The Balaban J connectivity index is 1.27. The van der Waals surface area contributed by atoms with E-state index in [1.807, 2.05) is 0 Å². The van der Waals surface area contributed by atoms with Gasteiger partial charge in [-0.1, -0.05) is 44.2 Å². The molecule has 0 aromatic heterocycles. The van der Waals surface area contributed by atoms with Gasteiger partial charge in [0.1, 0.15) is 109 Å². The van der Waals surface area contributed by atoms with Crippen molar-refractivity contribution in [2.45, 2.75) is 161 Å². The maximum atomic E-state index is 16.3. The number of hydrogen-bond donors (Lipinski definition) is 21. The average molecular weight is 1350 g/mol. The molecule has 2 aromatic carbocycles. The van der Waals surface area contributed by atoms with E-state index in [4.69, 9.17) is 45.6 Å². The number of aliphatic imine (C=N–C) groups is 2. The predicted octanol–water partition coefficient (Wildman–Crippen LogP) is -11.9. The van der Waals surface area contributed by atoms with Crippen molar-refractivity contribution in [3.05, 3.63) is 60.2 Å². The van der Waals surface area contributed by atoms with Crippen molar-refractivity contribution in [3.8, 4) is 5.75 Å². The van der Waals surface area contributed by atoms with Crippen LogP contribution in [0.4, 0.5) is 5.69 Å². The average Bonchev–Trinajstić information content (AvgIpc) is 1.60. The zero-order chi connectivity index (χ0) is 69.7. The Kier molecular flexibility index (Phi) is 26.4. The number of nitrogens with two attached hydrogens (primary N) is 3. The number of carbonyl (C=O) groups is 7. The van der Waals surface area contributed by atoms with Crippen molar-refractivity contribution in [3.63, 3.8) is 0 Å². The van der Waals surface area contributed by atoms with Crippen LogP contribution >= 0.6 is 0 Å². The minimum Gasteiger partial charge on any atom is -0.508 e. The maximum absolute atomic E-state index is 16.3. The summed E-state index contributed by atoms with van der Waals surface area (Å²) in [6, 6.07) is 0.0980. The SMILES string of the molecule is CC(C)CC(=O)OC1C(OC2C(CO)OC(OC[C@@H](C=O)N(C(=O)[C@@H](NC(=O)[C@H](CO)NC(=O)[C@H](Cc3ccc(O)cc3)NC(=O)CNC(=O)CN)C(O)(C3CN=C(N)N3)C3CN=C(N)N3C3OC(CO)C(O)C(O)C3O)c3ccccc3)C(O)C2O)OC(CO)C(O)C1O. The van der Waals surface area contributed by atoms with Gasteiger partial charge in [-0.15, -0.1) is 0 Å². The van der Waals surface area contributed by atoms with E-state index in [0.29, 0.717) is 10.5 Å². The number of hydrogen-bond acceptors (Lipinski definition) is 33. The van der Waals surface area contributed by atoms with E-state index in [9.17, 15) is 90.4 Å². The van der Waals surface area contributed by atoms with Crippen LogP contribution in [0.2, 0.25) is 0 Å². The highest BCUT2D eigenvalue weighted by Crippen LogP contribution is 2.38. The number of para-hydroxylation sites is 1. The summed E-state index contributed by atoms with van der Waals surface area (Å²) >= 11 is 0. The molecule has 0 saturated carbocycles. The number of aliphatic hydroxyl groups excluding tert-OH is 11. The lowest BCUT2D eigenvalue weighted by Crippen LogP contribution is -2.78. The van der Waals surface area contributed by atoms with Crippen molar-refractivity contribution in [2.24, 2.45) is 33.1 Å². The molecular formula is C57H84N12O26. The van der Waals surface area contributed by atoms with E-state index in [1.54, 1.807) is 13.8 Å². The van der Waals surface area contributed by atoms with Crippen molar-refractivity contribution in [1.29, 1.82) is 0 Å². The fraction of sp³-hybridized carbons (Fsp3) is 0.632. The molecule has 0 bridgehead atoms. The van der Waals surface area contributed by atoms with Crippen molar-refractivity contribution < 1.29 is 128 Å². The Hall–Kier alpha value is -7.45. The number of ether oxygens (including phenoxy) is 6. The summed E-state index contributed by atoms with van der Waals surface area (Å²) in [6.45, 7) is -4.39. The summed E-state index contributed by atoms with van der Waals surface area (Å²) in [7, 11) is 0. The van der Waals surface area contributed by atoms with Crippen molar-refractivity contribution >= 4 is 59.4 Å². The molecule has 0 aliphatic carbocycles. The van der Waals surface area contributed by atoms with Crippen molar-refractivity contribution in [2.75, 3.05) is 64.1 Å². The van der Waals surface area contributed by atoms with Gasteiger partial charge >= 0.3 is 5.97 Å². The molecule has 5 aliphatic rings. The molecule has 2 aromatic rings. The standard InChI is InChI=1S/C57H84N12O26/c1-24(2)12-38(78)94-47-42(82)40(80)32(21-73)92-54(47)95-46-33(22-74)93-53(45(85)43(46)83)90-23-27(18-70)68(26-6-4-3-5-7-26)51(88)48(57(89,34-15-62-55(59)66-34)35-16-63-56(60)69(35)52-44(84)41(81)39(79)31(20-72)91-52)67-50(87)30(19-71)65-49(86)29(13-25-8-10-28(75)11-9-25)64-37(77)17-61-36(76)14-58/h3-11,18,24,27,29-35,39-48,52-54,71-75,79-85,89H,12-17,19-23,58H2,1-2H3,(H2,60,63)(H,61,76)(H,64,77)(H,65,86)(H,67,87)(H3,59,62,66)/t27-,29+,30+,31?,32?,33?,34?,35?,39?,40?,41?,42?,43?,44?,45?,46?,47?,48-,52?,53?,54?,57?/m1/s1. The molecule has 95 heavy (non-hydrogen) atoms. The molecule has 0 spiro atoms. The molecular weight excluding hydrogens is 1270 g/mol. The quantitative estimate of drug-likeness (QED) is 0.0255. The number of nitrogens with one attached hydrogen (secondary N) is 5. The van der Waals surface area contributed by atoms with Gasteiger partial charge in [0.05, 0.1) is 71.3 Å². The Morgan fingerprint density at radius 1 is 0.747 bits per heavy atom. The molecule has 38 heteroatoms. The number of amides is 5. The Morgan fingerprint density at radius 2 is 1.37 bits per heavy atom. The lowest BCUT2D eigenvalue weighted by atomic mass is 9.77. The first-order valence-corrected chi connectivity index (χ1v) is 30.1. The number of aliphatic hydroxyl groups is 12. The van der Waals surface area contributed by atoms with E-state index in [0.717, 1.165) is 4.90 Å². The summed E-state index contributed by atoms with van der Waals surface area (Å²) in [6.07, 6.45) is -29.3. The monoisotopic (exact) mass is 1350 g/mol. The fourth-order valence-corrected chi connectivity index (χ4v) is 11.4. The summed E-state index contributed by atoms with van der Waals surface area (Å²) in [5, 5.41) is 156. The molecule has 38 nitrogen and oxygen atoms in total. The van der Waals surface area contributed by atoms with Crippen LogP contribution in [-0.2, 0) is 68.4 Å². The highest BCUT2D eigenvalue weighted by atomic mass is 16.7. The Labute approximate surface area is 541 Å². The van der Waals surface area contributed by atoms with Gasteiger partial charge in [0, 0.05) is 18.5 Å². The lowest BCUT2D eigenvalue weighted by molar-refractivity contribution is -0.360. The lowest BCUT2D eigenvalue weighted by Gasteiger charge is -2.52. The van der Waals surface area contributed by atoms with Gasteiger partial charge in [-0.25, -0.2) is 0 Å². The number of phenolic OH excluding ortho intramolecular Hbond substituents is 1. The van der Waals surface area contributed by atoms with E-state index in [2.05, 4.69) is 36.6 Å². The molecule has 5 amide bonds. The smallest absolute Gasteiger partial charge is 0.306 e. The van der Waals surface area contributed by atoms with Crippen molar-refractivity contribution in [1.82, 2.24) is 31.5 Å². The van der Waals surface area contributed by atoms with Gasteiger partial charge in [-0.2, -0.15) is 0 Å². The number of nitrogens with zero attached hydrogens (tertiary/aromatic N) is 4. The second-order valence-corrected chi connectivity index (χ2v) is 23.5. The second-order valence-electron chi connectivity index (χ2n) is 23.5. The van der Waals surface area contributed by atoms with E-state index >= 15 is 9.59 Å². The topological polar surface area (TPSA) is 607 Å². The summed E-state index contributed by atoms with van der Waals surface area (Å²) in [4.78, 5) is 108. The fourth-order valence-electron chi connectivity index (χ4n) is 11.4. The molecule has 3 saturated heterocycles. The van der Waals surface area contributed by atoms with Crippen LogP contribution in [0.3, 0.4) is 0 Å². The van der Waals surface area contributed by atoms with E-state index in [-0.39, 0.29) is 42.4 Å². The molecule has 3 fully saturated rings. The highest BCUT2D eigenvalue weighted by molar-refractivity contribution is 6.04. The van der Waals surface area contributed by atoms with Crippen LogP contribution in [0.15, 0.2) is 64.6 Å². The third-order valence-electron chi connectivity index (χ3n) is 16.5. The van der Waals surface area contributed by atoms with Gasteiger partial charge in [0.2, 0.25) is 23.6 Å². The van der Waals surface area contributed by atoms with Gasteiger partial charge in [0.15, 0.2) is 36.8 Å². The number of esters is 1. The molecule has 22 atom stereocenters. The minimum atomic E-state index is -3.09. The zero-order valence-electron chi connectivity index (χ0n) is 51.4. The number of aromatic hydroxyl groups is 1. The number of rotatable bonds is 30. The Bertz CT molecular complexity index is 3000. The van der Waals surface area contributed by atoms with Crippen LogP contribution in [0, 0.1) is 5.92 Å². The van der Waals surface area contributed by atoms with Gasteiger partial charge in [-0.3, -0.25) is 43.7 Å². The molecule has 18 unspecified atom stereocenters. The van der Waals surface area contributed by atoms with Gasteiger partial charge in [0.25, 0.3) is 5.91 Å². The number of carbonyl (C=O) groups excluding carboxylic acids is 7. The molecule has 5 heterocycles. The predicted molar refractivity (Wildman–Crippen MR) is 320 cm³/mol. The van der Waals surface area contributed by atoms with Crippen LogP contribution in [0.25, 0.3) is 0 Å². The molecule has 24 N–H and O–H groups in total. The maximum Gasteiger partial charge on any atom is 0.306 e. The second kappa shape index (κ2) is 33.5. The summed E-state index contributed by atoms with van der Waals surface area (Å²) < 4.78 is 34.7. The highest BCUT2D eigenvalue weighted by Gasteiger charge is 2.63. The third-order valence-corrected chi connectivity index (χ3v) is 16.5. The van der Waals surface area contributed by atoms with Crippen LogP contribution in [0.1, 0.15) is 25.8 Å². The third kappa shape index (κ3) is 17.4. The molecule has 7 rings (SSSR count). The minimum absolute atomic E-state index is 0.134. The molecule has 5 aliphatic heterocycles. The van der Waals surface area contributed by atoms with Crippen LogP contribution in [0.5, 0.6) is 5.75 Å². The van der Waals surface area contributed by atoms with Gasteiger partial charge in [-0.05, 0) is 35.7 Å². The zero-order valence-corrected chi connectivity index (χ0v) is 51.4. The summed E-state index contributed by atoms with van der Waals surface area (Å²) in [5.74, 6) is -8.09. The Morgan fingerprint density at radius 3 is 1.97 bits per heavy atom. The first-order valence-electron chi connectivity index (χ1n) is 30.1. The molecule has 528 valence electrons. The van der Waals surface area contributed by atoms with E-state index < -0.39 is 235 Å². The van der Waals surface area contributed by atoms with Gasteiger partial charge < -0.3 is 148 Å². The number of anilines is 1. The van der Waals surface area contributed by atoms with Crippen LogP contribution in [-0.4, -0.2) is 318 Å². The summed E-state index contributed by atoms with van der Waals surface area (Å²) in [5.41, 5.74) is 15.0. The number of phenols is 1. The number of benzene rings is 2. The first kappa shape index (κ1) is 74.9. The van der Waals surface area contributed by atoms with E-state index in [1.165, 1.54) is 54.6 Å².